The van der Waals surface area contributed by atoms with Gasteiger partial charge in [-0.3, -0.25) is 0 Å². The van der Waals surface area contributed by atoms with Crippen LogP contribution in [0.1, 0.15) is 85.5 Å². The van der Waals surface area contributed by atoms with Crippen molar-refractivity contribution in [2.45, 2.75) is 103 Å². The van der Waals surface area contributed by atoms with Crippen LogP contribution in [-0.2, 0) is 9.47 Å². The molecular weight excluding hydrogens is 599 g/mol. The van der Waals surface area contributed by atoms with Gasteiger partial charge in [-0.05, 0) is 91.8 Å². The number of allylic oxidation sites excluding steroid dienone is 1. The average molecular weight is 642 g/mol. The van der Waals surface area contributed by atoms with E-state index in [1.807, 2.05) is 0 Å². The second-order valence-electron chi connectivity index (χ2n) is 12.7. The first-order chi connectivity index (χ1) is 14.3. The van der Waals surface area contributed by atoms with E-state index in [0.29, 0.717) is 34.7 Å². The zero-order chi connectivity index (χ0) is 20.9. The molecule has 6 rings (SSSR count). The summed E-state index contributed by atoms with van der Waals surface area (Å²) in [5.41, 5.74) is 2.31. The van der Waals surface area contributed by atoms with Gasteiger partial charge in [-0.25, -0.2) is 0 Å². The number of rotatable bonds is 0. The Morgan fingerprint density at radius 2 is 1.84 bits per heavy atom. The Labute approximate surface area is 225 Å². The van der Waals surface area contributed by atoms with E-state index in [1.165, 1.54) is 38.5 Å². The quantitative estimate of drug-likeness (QED) is 0.345. The van der Waals surface area contributed by atoms with Crippen molar-refractivity contribution < 1.29 is 58.6 Å². The second-order valence-corrected chi connectivity index (χ2v) is 12.7. The van der Waals surface area contributed by atoms with Crippen molar-refractivity contribution in [3.63, 3.8) is 0 Å². The summed E-state index contributed by atoms with van der Waals surface area (Å²) in [5, 5.41) is 10.3. The number of aliphatic hydroxyl groups excluding tert-OH is 1. The molecule has 2 heterocycles. The maximum atomic E-state index is 10.3. The van der Waals surface area contributed by atoms with Crippen LogP contribution in [0.3, 0.4) is 0 Å². The molecule has 3 nitrogen and oxygen atoms in total. The minimum absolute atomic E-state index is 0. The summed E-state index contributed by atoms with van der Waals surface area (Å²) >= 11 is 0. The van der Waals surface area contributed by atoms with Crippen LogP contribution in [0, 0.1) is 90.4 Å². The third-order valence-corrected chi connectivity index (χ3v) is 11.3. The van der Waals surface area contributed by atoms with E-state index in [1.54, 1.807) is 5.57 Å². The van der Waals surface area contributed by atoms with Crippen LogP contribution in [-0.4, -0.2) is 29.7 Å². The SMILES string of the molecule is CC1CCC2(OC1)O[C@H]1CC3C4CC=C5C[C@@H](O)CC[C@]5(C)C4CC[C@]3(C)C1[C@@H]2C.[Ac]. The summed E-state index contributed by atoms with van der Waals surface area (Å²) in [6.07, 6.45) is 13.5. The zero-order valence-corrected chi connectivity index (χ0v) is 24.9. The molecule has 0 aromatic carbocycles. The molecule has 5 fully saturated rings. The predicted octanol–water partition coefficient (Wildman–Crippen LogP) is 5.71. The molecule has 2 aliphatic heterocycles. The van der Waals surface area contributed by atoms with Gasteiger partial charge in [0.2, 0.25) is 0 Å². The summed E-state index contributed by atoms with van der Waals surface area (Å²) in [4.78, 5) is 0. The van der Waals surface area contributed by atoms with Gasteiger partial charge in [0, 0.05) is 56.4 Å². The van der Waals surface area contributed by atoms with E-state index >= 15 is 0 Å². The molecule has 0 aromatic rings. The molecule has 0 aromatic heterocycles. The minimum atomic E-state index is -0.294. The molecule has 4 heteroatoms. The number of ether oxygens (including phenoxy) is 2. The van der Waals surface area contributed by atoms with Gasteiger partial charge in [-0.15, -0.1) is 0 Å². The largest absolute Gasteiger partial charge is 0.393 e. The molecule has 11 atom stereocenters. The third-order valence-electron chi connectivity index (χ3n) is 11.3. The molecule has 171 valence electrons. The van der Waals surface area contributed by atoms with Crippen molar-refractivity contribution in [1.29, 1.82) is 0 Å². The number of aliphatic hydroxyl groups is 1. The maximum Gasteiger partial charge on any atom is 0.171 e. The second kappa shape index (κ2) is 8.05. The van der Waals surface area contributed by atoms with Gasteiger partial charge in [0.25, 0.3) is 0 Å². The molecule has 2 saturated heterocycles. The van der Waals surface area contributed by atoms with E-state index in [-0.39, 0.29) is 56.0 Å². The fraction of sp³-hybridized carbons (Fsp3) is 0.926. The van der Waals surface area contributed by atoms with Crippen LogP contribution in [0.2, 0.25) is 0 Å². The van der Waals surface area contributed by atoms with Crippen molar-refractivity contribution in [3.8, 4) is 0 Å². The van der Waals surface area contributed by atoms with Crippen LogP contribution in [0.25, 0.3) is 0 Å². The van der Waals surface area contributed by atoms with Gasteiger partial charge < -0.3 is 14.6 Å². The molecule has 6 aliphatic rings. The molecule has 1 radical (unpaired) electrons. The van der Waals surface area contributed by atoms with Crippen LogP contribution in [0.5, 0.6) is 0 Å². The molecule has 6 unspecified atom stereocenters. The van der Waals surface area contributed by atoms with Gasteiger partial charge in [0.05, 0.1) is 18.8 Å². The molecule has 31 heavy (non-hydrogen) atoms. The van der Waals surface area contributed by atoms with E-state index in [9.17, 15) is 5.11 Å². The summed E-state index contributed by atoms with van der Waals surface area (Å²) in [6, 6.07) is 0. The Morgan fingerprint density at radius 1 is 1.03 bits per heavy atom. The van der Waals surface area contributed by atoms with Crippen molar-refractivity contribution in [2.24, 2.45) is 46.3 Å². The van der Waals surface area contributed by atoms with Crippen molar-refractivity contribution in [1.82, 2.24) is 0 Å². The van der Waals surface area contributed by atoms with E-state index in [0.717, 1.165) is 43.6 Å². The molecule has 0 amide bonds. The Balaban J connectivity index is 0.00000204. The number of hydrogen-bond acceptors (Lipinski definition) is 3. The number of fused-ring (bicyclic) bond motifs is 7. The monoisotopic (exact) mass is 641 g/mol. The van der Waals surface area contributed by atoms with Crippen LogP contribution in [0.4, 0.5) is 0 Å². The zero-order valence-electron chi connectivity index (χ0n) is 20.1. The molecule has 4 aliphatic carbocycles. The van der Waals surface area contributed by atoms with Gasteiger partial charge in [-0.2, -0.15) is 0 Å². The third kappa shape index (κ3) is 3.31. The van der Waals surface area contributed by atoms with Crippen LogP contribution < -0.4 is 0 Å². The van der Waals surface area contributed by atoms with Crippen molar-refractivity contribution >= 4 is 0 Å². The Kier molecular flexibility index (Phi) is 6.17. The van der Waals surface area contributed by atoms with Crippen molar-refractivity contribution in [2.75, 3.05) is 6.61 Å². The average Bonchev–Trinajstić information content (AvgIpc) is 3.16. The van der Waals surface area contributed by atoms with Crippen LogP contribution >= 0.6 is 0 Å². The first-order valence-corrected chi connectivity index (χ1v) is 13.0. The van der Waals surface area contributed by atoms with Crippen LogP contribution in [0.15, 0.2) is 11.6 Å². The summed E-state index contributed by atoms with van der Waals surface area (Å²) in [5.74, 6) is 3.94. The Hall–Kier alpha value is 1.06. The molecule has 1 spiro atoms. The fourth-order valence-corrected chi connectivity index (χ4v) is 9.66. The summed E-state index contributed by atoms with van der Waals surface area (Å²) in [7, 11) is 0. The smallest absolute Gasteiger partial charge is 0.171 e. The van der Waals surface area contributed by atoms with Gasteiger partial charge >= 0.3 is 0 Å². The van der Waals surface area contributed by atoms with Gasteiger partial charge in [0.15, 0.2) is 5.79 Å². The molecule has 0 bridgehead atoms. The topological polar surface area (TPSA) is 38.7 Å². The molecule has 1 N–H and O–H groups in total. The van der Waals surface area contributed by atoms with E-state index in [4.69, 9.17) is 9.47 Å². The van der Waals surface area contributed by atoms with Gasteiger partial charge in [-0.1, -0.05) is 39.3 Å². The Morgan fingerprint density at radius 3 is 2.58 bits per heavy atom. The standard InChI is InChI=1S/C27H42O3.Ac/c1-16-7-12-27(29-15-16)17(2)24-23(30-27)14-22-20-6-5-18-13-19(28)8-10-25(18,3)21(20)9-11-26(22,24)4;/h5,16-17,19-24,28H,6-15H2,1-4H3;/t16?,17-,19-,20?,21?,22?,23-,24?,25-,26-,27?;/m0./s1. The summed E-state index contributed by atoms with van der Waals surface area (Å²) in [6.45, 7) is 10.8. The minimum Gasteiger partial charge on any atom is -0.393 e. The van der Waals surface area contributed by atoms with E-state index in [2.05, 4.69) is 33.8 Å². The fourth-order valence-electron chi connectivity index (χ4n) is 9.66. The first kappa shape index (κ1) is 23.8. The van der Waals surface area contributed by atoms with E-state index < -0.39 is 0 Å². The first-order valence-electron chi connectivity index (χ1n) is 13.0. The summed E-state index contributed by atoms with van der Waals surface area (Å²) < 4.78 is 13.3. The predicted molar refractivity (Wildman–Crippen MR) is 118 cm³/mol. The Bertz CT molecular complexity index is 743. The van der Waals surface area contributed by atoms with Crippen molar-refractivity contribution in [3.05, 3.63) is 11.6 Å². The number of hydrogen-bond donors (Lipinski definition) is 1. The van der Waals surface area contributed by atoms with Gasteiger partial charge in [0.1, 0.15) is 0 Å². The normalized spacial score (nSPS) is 57.9. The maximum absolute atomic E-state index is 10.3. The molecule has 3 saturated carbocycles. The molecular formula is C27H42AcO3.